The van der Waals surface area contributed by atoms with Crippen LogP contribution in [0.4, 0.5) is 5.69 Å². The van der Waals surface area contributed by atoms with E-state index in [4.69, 9.17) is 21.3 Å². The number of nitrogens with zero attached hydrogens (tertiary/aromatic N) is 4. The average Bonchev–Trinajstić information content (AvgIpc) is 3.28. The number of amides is 1. The van der Waals surface area contributed by atoms with Gasteiger partial charge in [-0.2, -0.15) is 0 Å². The molecule has 0 aliphatic carbocycles. The molecular formula is C33H34BrClN6O2. The molecule has 3 heterocycles. The molecule has 0 bridgehead atoms. The van der Waals surface area contributed by atoms with Gasteiger partial charge in [0.1, 0.15) is 18.1 Å². The number of ether oxygens (including phenoxy) is 1. The fraction of sp³-hybridized carbons (Fsp3) is 0.273. The second kappa shape index (κ2) is 13.1. The summed E-state index contributed by atoms with van der Waals surface area (Å²) in [7, 11) is 1.66. The van der Waals surface area contributed by atoms with E-state index in [0.717, 1.165) is 56.6 Å². The van der Waals surface area contributed by atoms with Gasteiger partial charge in [0.15, 0.2) is 5.82 Å². The van der Waals surface area contributed by atoms with Crippen molar-refractivity contribution in [1.82, 2.24) is 20.1 Å². The number of rotatable bonds is 5. The lowest BCUT2D eigenvalue weighted by atomic mass is 9.89. The molecule has 10 heteroatoms. The summed E-state index contributed by atoms with van der Waals surface area (Å²) in [6.45, 7) is 9.00. The van der Waals surface area contributed by atoms with Crippen molar-refractivity contribution in [1.29, 1.82) is 0 Å². The highest BCUT2D eigenvalue weighted by Gasteiger charge is 2.23. The Morgan fingerprint density at radius 3 is 2.60 bits per heavy atom. The van der Waals surface area contributed by atoms with E-state index >= 15 is 0 Å². The number of carbonyl (C=O) groups is 1. The minimum Gasteiger partial charge on any atom is -0.497 e. The maximum Gasteiger partial charge on any atom is 0.216 e. The number of halogens is 2. The first-order chi connectivity index (χ1) is 20.7. The molecule has 1 aromatic heterocycles. The van der Waals surface area contributed by atoms with Gasteiger partial charge in [-0.1, -0.05) is 42.8 Å². The molecular weight excluding hydrogens is 628 g/mol. The molecule has 1 amide bonds. The zero-order valence-electron chi connectivity index (χ0n) is 24.8. The molecule has 0 saturated heterocycles. The van der Waals surface area contributed by atoms with Gasteiger partial charge in [-0.25, -0.2) is 0 Å². The Morgan fingerprint density at radius 1 is 1.12 bits per heavy atom. The van der Waals surface area contributed by atoms with Crippen LogP contribution in [0, 0.1) is 6.92 Å². The average molecular weight is 662 g/mol. The Balaban J connectivity index is 0.000000177. The summed E-state index contributed by atoms with van der Waals surface area (Å²) in [5, 5.41) is 15.3. The van der Waals surface area contributed by atoms with Crippen LogP contribution in [0.1, 0.15) is 60.6 Å². The molecule has 8 nitrogen and oxygen atoms in total. The summed E-state index contributed by atoms with van der Waals surface area (Å²) >= 11 is 9.59. The third kappa shape index (κ3) is 6.68. The summed E-state index contributed by atoms with van der Waals surface area (Å²) in [6, 6.07) is 20.1. The molecule has 2 aliphatic heterocycles. The van der Waals surface area contributed by atoms with Crippen LogP contribution in [0.25, 0.3) is 5.69 Å². The topological polar surface area (TPSA) is 93.4 Å². The number of nitrogens with one attached hydrogen (secondary N) is 2. The number of aromatic nitrogens is 3. The van der Waals surface area contributed by atoms with Crippen molar-refractivity contribution >= 4 is 44.8 Å². The first-order valence-electron chi connectivity index (χ1n) is 14.1. The van der Waals surface area contributed by atoms with Crippen LogP contribution in [0.15, 0.2) is 75.8 Å². The molecule has 0 spiro atoms. The molecule has 222 valence electrons. The Labute approximate surface area is 265 Å². The molecule has 1 unspecified atom stereocenters. The third-order valence-electron chi connectivity index (χ3n) is 7.70. The van der Waals surface area contributed by atoms with Crippen molar-refractivity contribution in [3.63, 3.8) is 0 Å². The van der Waals surface area contributed by atoms with E-state index in [1.807, 2.05) is 54.0 Å². The van der Waals surface area contributed by atoms with Gasteiger partial charge in [0.2, 0.25) is 5.91 Å². The molecule has 4 aromatic rings. The SMILES string of the molecule is CC(=O)NCCc1ccc2c(c1)C(C)C(C)=C(Br)N2.COc1ccc2c(c1)C(c1ccc(Cl)cc1)=NCc1nnc(C)n1-2. The fourth-order valence-corrected chi connectivity index (χ4v) is 5.88. The predicted molar refractivity (Wildman–Crippen MR) is 176 cm³/mol. The van der Waals surface area contributed by atoms with Gasteiger partial charge in [0.05, 0.1) is 23.1 Å². The molecule has 2 aliphatic rings. The Morgan fingerprint density at radius 2 is 1.88 bits per heavy atom. The lowest BCUT2D eigenvalue weighted by Crippen LogP contribution is -2.22. The van der Waals surface area contributed by atoms with Gasteiger partial charge in [-0.15, -0.1) is 10.2 Å². The zero-order valence-corrected chi connectivity index (χ0v) is 27.2. The standard InChI is InChI=1S/C18H15ClN4O.C15H19BrN2O/c1-11-21-22-17-10-20-18(12-3-5-13(19)6-4-12)15-9-14(24-2)7-8-16(15)23(11)17;1-9-10(2)15(16)18-14-5-4-12(8-13(9)14)6-7-17-11(3)19/h3-9H,10H2,1-2H3;4-5,8-9,18H,6-7H2,1-3H3,(H,17,19). The maximum absolute atomic E-state index is 10.9. The number of carbonyl (C=O) groups excluding carboxylic acids is 1. The minimum atomic E-state index is 0.0238. The summed E-state index contributed by atoms with van der Waals surface area (Å²) in [5.41, 5.74) is 8.93. The molecule has 2 N–H and O–H groups in total. The number of hydrogen-bond acceptors (Lipinski definition) is 6. The van der Waals surface area contributed by atoms with Crippen molar-refractivity contribution in [3.05, 3.63) is 110 Å². The largest absolute Gasteiger partial charge is 0.497 e. The number of fused-ring (bicyclic) bond motifs is 4. The number of methoxy groups -OCH3 is 1. The molecule has 3 aromatic carbocycles. The molecule has 0 saturated carbocycles. The molecule has 6 rings (SSSR count). The minimum absolute atomic E-state index is 0.0238. The second-order valence-electron chi connectivity index (χ2n) is 10.6. The van der Waals surface area contributed by atoms with Crippen LogP contribution in [0.3, 0.4) is 0 Å². The second-order valence-corrected chi connectivity index (χ2v) is 11.8. The summed E-state index contributed by atoms with van der Waals surface area (Å²) in [6.07, 6.45) is 0.865. The van der Waals surface area contributed by atoms with E-state index < -0.39 is 0 Å². The lowest BCUT2D eigenvalue weighted by Gasteiger charge is -2.26. The highest BCUT2D eigenvalue weighted by Crippen LogP contribution is 2.39. The van der Waals surface area contributed by atoms with E-state index in [2.05, 4.69) is 68.8 Å². The van der Waals surface area contributed by atoms with E-state index in [-0.39, 0.29) is 5.91 Å². The number of benzene rings is 3. The summed E-state index contributed by atoms with van der Waals surface area (Å²) < 4.78 is 8.52. The number of anilines is 1. The van der Waals surface area contributed by atoms with Crippen molar-refractivity contribution in [3.8, 4) is 11.4 Å². The third-order valence-corrected chi connectivity index (χ3v) is 8.77. The fourth-order valence-electron chi connectivity index (χ4n) is 5.20. The first-order valence-corrected chi connectivity index (χ1v) is 15.2. The number of allylic oxidation sites excluding steroid dienone is 1. The quantitative estimate of drug-likeness (QED) is 0.223. The van der Waals surface area contributed by atoms with Crippen LogP contribution < -0.4 is 15.4 Å². The molecule has 0 fully saturated rings. The Hall–Kier alpha value is -3.95. The Kier molecular flexibility index (Phi) is 9.32. The highest BCUT2D eigenvalue weighted by atomic mass is 79.9. The van der Waals surface area contributed by atoms with E-state index in [0.29, 0.717) is 24.0 Å². The number of hydrogen-bond donors (Lipinski definition) is 2. The van der Waals surface area contributed by atoms with E-state index in [9.17, 15) is 4.79 Å². The smallest absolute Gasteiger partial charge is 0.216 e. The number of aryl methyl sites for hydroxylation is 1. The maximum atomic E-state index is 10.9. The monoisotopic (exact) mass is 660 g/mol. The van der Waals surface area contributed by atoms with E-state index in [1.165, 1.54) is 16.7 Å². The van der Waals surface area contributed by atoms with Gasteiger partial charge in [-0.05, 0) is 89.3 Å². The molecule has 1 atom stereocenters. The van der Waals surface area contributed by atoms with Crippen LogP contribution in [-0.4, -0.2) is 40.0 Å². The Bertz CT molecular complexity index is 1730. The van der Waals surface area contributed by atoms with E-state index in [1.54, 1.807) is 14.0 Å². The normalized spacial score (nSPS) is 15.0. The van der Waals surface area contributed by atoms with Crippen LogP contribution in [0.2, 0.25) is 5.02 Å². The molecule has 43 heavy (non-hydrogen) atoms. The van der Waals surface area contributed by atoms with Gasteiger partial charge in [0.25, 0.3) is 0 Å². The zero-order chi connectivity index (χ0) is 30.7. The van der Waals surface area contributed by atoms with Gasteiger partial charge >= 0.3 is 0 Å². The summed E-state index contributed by atoms with van der Waals surface area (Å²) in [5.74, 6) is 2.87. The summed E-state index contributed by atoms with van der Waals surface area (Å²) in [4.78, 5) is 15.7. The van der Waals surface area contributed by atoms with Crippen LogP contribution >= 0.6 is 27.5 Å². The van der Waals surface area contributed by atoms with Crippen molar-refractivity contribution in [2.24, 2.45) is 4.99 Å². The van der Waals surface area contributed by atoms with Crippen molar-refractivity contribution < 1.29 is 9.53 Å². The lowest BCUT2D eigenvalue weighted by molar-refractivity contribution is -0.118. The van der Waals surface area contributed by atoms with Crippen molar-refractivity contribution in [2.45, 2.75) is 46.6 Å². The van der Waals surface area contributed by atoms with Crippen LogP contribution in [-0.2, 0) is 17.8 Å². The highest BCUT2D eigenvalue weighted by molar-refractivity contribution is 9.11. The number of aliphatic imine (C=N–C) groups is 1. The van der Waals surface area contributed by atoms with Gasteiger partial charge < -0.3 is 15.4 Å². The van der Waals surface area contributed by atoms with Crippen LogP contribution in [0.5, 0.6) is 5.75 Å². The molecule has 0 radical (unpaired) electrons. The van der Waals surface area contributed by atoms with Crippen molar-refractivity contribution in [2.75, 3.05) is 19.0 Å². The first kappa shape index (κ1) is 30.5. The predicted octanol–water partition coefficient (Wildman–Crippen LogP) is 7.11. The van der Waals surface area contributed by atoms with Gasteiger partial charge in [0, 0.05) is 41.2 Å². The van der Waals surface area contributed by atoms with Gasteiger partial charge in [-0.3, -0.25) is 14.4 Å².